The molecule has 2 aliphatic rings. The van der Waals surface area contributed by atoms with E-state index >= 15 is 0 Å². The molecule has 2 heterocycles. The molecule has 132 valence electrons. The minimum absolute atomic E-state index is 0.0538. The van der Waals surface area contributed by atoms with E-state index in [9.17, 15) is 4.79 Å². The quantitative estimate of drug-likeness (QED) is 0.830. The Morgan fingerprint density at radius 2 is 2.08 bits per heavy atom. The standard InChI is InChI=1S/C19H29N3O2/c1-24-19(9-11-20-12-10-19)18(23)21-14-17-8-5-13-22(17)15-16-6-3-2-4-7-16/h2-4,6-7,17,20H,5,8-15H2,1H3,(H,21,23). The molecule has 0 saturated carbocycles. The van der Waals surface area contributed by atoms with Gasteiger partial charge < -0.3 is 15.4 Å². The van der Waals surface area contributed by atoms with E-state index in [0.29, 0.717) is 12.6 Å². The average molecular weight is 331 g/mol. The molecule has 24 heavy (non-hydrogen) atoms. The first-order valence-corrected chi connectivity index (χ1v) is 9.06. The van der Waals surface area contributed by atoms with Crippen LogP contribution in [0.5, 0.6) is 0 Å². The van der Waals surface area contributed by atoms with Crippen molar-refractivity contribution in [2.75, 3.05) is 33.3 Å². The number of rotatable bonds is 6. The van der Waals surface area contributed by atoms with E-state index < -0.39 is 5.60 Å². The summed E-state index contributed by atoms with van der Waals surface area (Å²) in [6, 6.07) is 11.0. The zero-order valence-corrected chi connectivity index (χ0v) is 14.6. The van der Waals surface area contributed by atoms with Crippen molar-refractivity contribution in [2.24, 2.45) is 0 Å². The molecule has 1 amide bonds. The van der Waals surface area contributed by atoms with Crippen LogP contribution in [0.15, 0.2) is 30.3 Å². The van der Waals surface area contributed by atoms with Gasteiger partial charge in [-0.2, -0.15) is 0 Å². The first-order valence-electron chi connectivity index (χ1n) is 9.06. The molecule has 1 aromatic carbocycles. The van der Waals surface area contributed by atoms with Gasteiger partial charge in [0.1, 0.15) is 5.60 Å². The summed E-state index contributed by atoms with van der Waals surface area (Å²) < 4.78 is 5.61. The van der Waals surface area contributed by atoms with Crippen molar-refractivity contribution in [1.82, 2.24) is 15.5 Å². The first-order chi connectivity index (χ1) is 11.7. The van der Waals surface area contributed by atoms with Crippen LogP contribution in [0.25, 0.3) is 0 Å². The molecule has 0 radical (unpaired) electrons. The molecular formula is C19H29N3O2. The maximum absolute atomic E-state index is 12.7. The molecule has 0 spiro atoms. The van der Waals surface area contributed by atoms with Crippen molar-refractivity contribution in [2.45, 2.75) is 43.9 Å². The predicted molar refractivity (Wildman–Crippen MR) is 94.7 cm³/mol. The average Bonchev–Trinajstić information content (AvgIpc) is 3.08. The highest BCUT2D eigenvalue weighted by Gasteiger charge is 2.40. The van der Waals surface area contributed by atoms with Crippen LogP contribution in [0.4, 0.5) is 0 Å². The van der Waals surface area contributed by atoms with E-state index in [2.05, 4.69) is 45.9 Å². The Hall–Kier alpha value is -1.43. The Morgan fingerprint density at radius 1 is 1.33 bits per heavy atom. The number of carbonyl (C=O) groups excluding carboxylic acids is 1. The van der Waals surface area contributed by atoms with Crippen molar-refractivity contribution in [3.05, 3.63) is 35.9 Å². The fraction of sp³-hybridized carbons (Fsp3) is 0.632. The molecule has 2 aliphatic heterocycles. The summed E-state index contributed by atoms with van der Waals surface area (Å²) in [7, 11) is 1.65. The summed E-state index contributed by atoms with van der Waals surface area (Å²) in [5, 5.41) is 6.46. The normalized spacial score (nSPS) is 24.0. The van der Waals surface area contributed by atoms with Gasteiger partial charge in [0.2, 0.25) is 0 Å². The van der Waals surface area contributed by atoms with Crippen molar-refractivity contribution in [1.29, 1.82) is 0 Å². The Kier molecular flexibility index (Phi) is 5.87. The van der Waals surface area contributed by atoms with Crippen molar-refractivity contribution < 1.29 is 9.53 Å². The van der Waals surface area contributed by atoms with Gasteiger partial charge in [-0.25, -0.2) is 0 Å². The second kappa shape index (κ2) is 8.10. The van der Waals surface area contributed by atoms with Gasteiger partial charge in [0.15, 0.2) is 0 Å². The van der Waals surface area contributed by atoms with Crippen molar-refractivity contribution in [3.8, 4) is 0 Å². The Labute approximate surface area is 144 Å². The predicted octanol–water partition coefficient (Wildman–Crippen LogP) is 1.54. The monoisotopic (exact) mass is 331 g/mol. The van der Waals surface area contributed by atoms with Crippen LogP contribution >= 0.6 is 0 Å². The molecule has 2 fully saturated rings. The number of nitrogens with one attached hydrogen (secondary N) is 2. The zero-order valence-electron chi connectivity index (χ0n) is 14.6. The fourth-order valence-corrected chi connectivity index (χ4v) is 3.88. The maximum atomic E-state index is 12.7. The number of likely N-dealkylation sites (tertiary alicyclic amines) is 1. The SMILES string of the molecule is COC1(C(=O)NCC2CCCN2Cc2ccccc2)CCNCC1. The van der Waals surface area contributed by atoms with E-state index in [1.807, 2.05) is 0 Å². The van der Waals surface area contributed by atoms with E-state index in [0.717, 1.165) is 45.4 Å². The van der Waals surface area contributed by atoms with E-state index in [4.69, 9.17) is 4.74 Å². The molecule has 1 unspecified atom stereocenters. The molecule has 5 heteroatoms. The highest BCUT2D eigenvalue weighted by atomic mass is 16.5. The van der Waals surface area contributed by atoms with Gasteiger partial charge >= 0.3 is 0 Å². The lowest BCUT2D eigenvalue weighted by Gasteiger charge is -2.35. The van der Waals surface area contributed by atoms with Gasteiger partial charge in [-0.1, -0.05) is 30.3 Å². The Morgan fingerprint density at radius 3 is 2.79 bits per heavy atom. The van der Waals surface area contributed by atoms with Gasteiger partial charge in [0, 0.05) is 26.2 Å². The third-order valence-corrected chi connectivity index (χ3v) is 5.44. The lowest BCUT2D eigenvalue weighted by Crippen LogP contribution is -2.55. The van der Waals surface area contributed by atoms with Crippen LogP contribution < -0.4 is 10.6 Å². The van der Waals surface area contributed by atoms with Crippen molar-refractivity contribution >= 4 is 5.91 Å². The summed E-state index contributed by atoms with van der Waals surface area (Å²) in [6.45, 7) is 4.45. The van der Waals surface area contributed by atoms with Gasteiger partial charge in [-0.3, -0.25) is 9.69 Å². The molecule has 0 aliphatic carbocycles. The highest BCUT2D eigenvalue weighted by Crippen LogP contribution is 2.24. The van der Waals surface area contributed by atoms with Gasteiger partial charge in [0.25, 0.3) is 5.91 Å². The number of piperidine rings is 1. The van der Waals surface area contributed by atoms with Crippen LogP contribution in [0.3, 0.4) is 0 Å². The number of hydrogen-bond donors (Lipinski definition) is 2. The molecule has 2 saturated heterocycles. The van der Waals surface area contributed by atoms with Crippen LogP contribution in [-0.2, 0) is 16.1 Å². The Bertz CT molecular complexity index is 529. The number of carbonyl (C=O) groups is 1. The second-order valence-electron chi connectivity index (χ2n) is 6.91. The number of amides is 1. The molecule has 2 N–H and O–H groups in total. The smallest absolute Gasteiger partial charge is 0.252 e. The van der Waals surface area contributed by atoms with Gasteiger partial charge in [0.05, 0.1) is 0 Å². The van der Waals surface area contributed by atoms with E-state index in [-0.39, 0.29) is 5.91 Å². The summed E-state index contributed by atoms with van der Waals surface area (Å²) in [5.74, 6) is 0.0538. The number of nitrogens with zero attached hydrogens (tertiary/aromatic N) is 1. The third-order valence-electron chi connectivity index (χ3n) is 5.44. The van der Waals surface area contributed by atoms with Crippen LogP contribution in [0.2, 0.25) is 0 Å². The minimum atomic E-state index is -0.645. The Balaban J connectivity index is 1.54. The highest BCUT2D eigenvalue weighted by molar-refractivity contribution is 5.85. The third kappa shape index (κ3) is 3.97. The lowest BCUT2D eigenvalue weighted by molar-refractivity contribution is -0.146. The summed E-state index contributed by atoms with van der Waals surface area (Å²) in [6.07, 6.45) is 3.84. The van der Waals surface area contributed by atoms with Crippen LogP contribution in [-0.4, -0.2) is 55.7 Å². The summed E-state index contributed by atoms with van der Waals surface area (Å²) >= 11 is 0. The minimum Gasteiger partial charge on any atom is -0.368 e. The molecule has 3 rings (SSSR count). The number of ether oxygens (including phenoxy) is 1. The van der Waals surface area contributed by atoms with Crippen LogP contribution in [0, 0.1) is 0 Å². The summed E-state index contributed by atoms with van der Waals surface area (Å²) in [4.78, 5) is 15.2. The largest absolute Gasteiger partial charge is 0.368 e. The molecule has 0 bridgehead atoms. The lowest BCUT2D eigenvalue weighted by atomic mass is 9.91. The second-order valence-corrected chi connectivity index (χ2v) is 6.91. The first kappa shape index (κ1) is 17.4. The summed E-state index contributed by atoms with van der Waals surface area (Å²) in [5.41, 5.74) is 0.691. The van der Waals surface area contributed by atoms with E-state index in [1.165, 1.54) is 12.0 Å². The molecule has 5 nitrogen and oxygen atoms in total. The van der Waals surface area contributed by atoms with E-state index in [1.54, 1.807) is 7.11 Å². The van der Waals surface area contributed by atoms with Gasteiger partial charge in [-0.05, 0) is 50.9 Å². The number of methoxy groups -OCH3 is 1. The molecule has 0 aromatic heterocycles. The zero-order chi connectivity index (χ0) is 16.8. The van der Waals surface area contributed by atoms with Crippen molar-refractivity contribution in [3.63, 3.8) is 0 Å². The number of hydrogen-bond acceptors (Lipinski definition) is 4. The van der Waals surface area contributed by atoms with Crippen LogP contribution in [0.1, 0.15) is 31.2 Å². The fourth-order valence-electron chi connectivity index (χ4n) is 3.88. The topological polar surface area (TPSA) is 53.6 Å². The maximum Gasteiger partial charge on any atom is 0.252 e. The molecular weight excluding hydrogens is 302 g/mol. The van der Waals surface area contributed by atoms with Gasteiger partial charge in [-0.15, -0.1) is 0 Å². The number of benzene rings is 1. The molecule has 1 atom stereocenters. The molecule has 1 aromatic rings.